The molecule has 0 aromatic carbocycles. The monoisotopic (exact) mass is 184 g/mol. The third-order valence-corrected chi connectivity index (χ3v) is 0.706. The quantitative estimate of drug-likeness (QED) is 0.565. The number of amides is 2. The summed E-state index contributed by atoms with van der Waals surface area (Å²) in [5, 5.41) is 2.05. The SMILES string of the molecule is CC(C)(C)C.O=C1C=NCC(=O)N1. The van der Waals surface area contributed by atoms with Gasteiger partial charge < -0.3 is 0 Å². The average Bonchev–Trinajstić information content (AvgIpc) is 1.81. The van der Waals surface area contributed by atoms with Gasteiger partial charge in [0.05, 0.1) is 6.21 Å². The Morgan fingerprint density at radius 2 is 1.77 bits per heavy atom. The summed E-state index contributed by atoms with van der Waals surface area (Å²) in [6.45, 7) is 8.83. The van der Waals surface area contributed by atoms with Gasteiger partial charge in [-0.25, -0.2) is 0 Å². The Hall–Kier alpha value is -1.19. The Balaban J connectivity index is 0.000000252. The second kappa shape index (κ2) is 4.74. The first-order valence-electron chi connectivity index (χ1n) is 4.12. The molecule has 74 valence electrons. The lowest BCUT2D eigenvalue weighted by molar-refractivity contribution is -0.126. The van der Waals surface area contributed by atoms with E-state index in [1.165, 1.54) is 0 Å². The Morgan fingerprint density at radius 1 is 1.31 bits per heavy atom. The minimum atomic E-state index is -0.429. The van der Waals surface area contributed by atoms with Gasteiger partial charge in [0.2, 0.25) is 5.91 Å². The fourth-order valence-corrected chi connectivity index (χ4v) is 0.421. The lowest BCUT2D eigenvalue weighted by Gasteiger charge is -2.05. The van der Waals surface area contributed by atoms with Gasteiger partial charge in [0.25, 0.3) is 5.91 Å². The van der Waals surface area contributed by atoms with Crippen molar-refractivity contribution in [2.45, 2.75) is 27.7 Å². The lowest BCUT2D eigenvalue weighted by atomic mass is 10.0. The number of nitrogens with zero attached hydrogens (tertiary/aromatic N) is 1. The number of aliphatic imine (C=N–C) groups is 1. The topological polar surface area (TPSA) is 58.5 Å². The van der Waals surface area contributed by atoms with Crippen molar-refractivity contribution >= 4 is 18.0 Å². The fourth-order valence-electron chi connectivity index (χ4n) is 0.421. The first kappa shape index (κ1) is 11.8. The molecule has 1 heterocycles. The molecule has 0 saturated heterocycles. The van der Waals surface area contributed by atoms with E-state index in [2.05, 4.69) is 38.0 Å². The zero-order valence-electron chi connectivity index (χ0n) is 8.55. The maximum atomic E-state index is 10.2. The molecule has 0 atom stereocenters. The van der Waals surface area contributed by atoms with Gasteiger partial charge in [-0.3, -0.25) is 19.9 Å². The maximum Gasteiger partial charge on any atom is 0.268 e. The van der Waals surface area contributed by atoms with Crippen molar-refractivity contribution < 1.29 is 9.59 Å². The molecule has 1 N–H and O–H groups in total. The Kier molecular flexibility index (Phi) is 4.31. The first-order chi connectivity index (χ1) is 5.79. The van der Waals surface area contributed by atoms with E-state index in [0.717, 1.165) is 6.21 Å². The summed E-state index contributed by atoms with van der Waals surface area (Å²) in [7, 11) is 0. The zero-order valence-corrected chi connectivity index (χ0v) is 8.55. The highest BCUT2D eigenvalue weighted by Gasteiger charge is 2.07. The van der Waals surface area contributed by atoms with Crippen LogP contribution < -0.4 is 5.32 Å². The second-order valence-electron chi connectivity index (χ2n) is 4.38. The van der Waals surface area contributed by atoms with E-state index in [4.69, 9.17) is 0 Å². The van der Waals surface area contributed by atoms with Crippen molar-refractivity contribution in [3.8, 4) is 0 Å². The van der Waals surface area contributed by atoms with Gasteiger partial charge in [-0.15, -0.1) is 0 Å². The molecule has 0 fully saturated rings. The van der Waals surface area contributed by atoms with E-state index in [0.29, 0.717) is 5.41 Å². The molecular weight excluding hydrogens is 168 g/mol. The molecule has 0 bridgehead atoms. The van der Waals surface area contributed by atoms with Crippen LogP contribution in [0.2, 0.25) is 0 Å². The Bertz CT molecular complexity index is 220. The van der Waals surface area contributed by atoms with Crippen molar-refractivity contribution in [1.82, 2.24) is 5.32 Å². The molecule has 13 heavy (non-hydrogen) atoms. The molecule has 4 nitrogen and oxygen atoms in total. The van der Waals surface area contributed by atoms with E-state index < -0.39 is 5.91 Å². The van der Waals surface area contributed by atoms with Gasteiger partial charge in [0.1, 0.15) is 6.54 Å². The largest absolute Gasteiger partial charge is 0.290 e. The van der Waals surface area contributed by atoms with Crippen LogP contribution in [0.5, 0.6) is 0 Å². The number of hydrogen-bond acceptors (Lipinski definition) is 3. The van der Waals surface area contributed by atoms with E-state index in [9.17, 15) is 9.59 Å². The summed E-state index contributed by atoms with van der Waals surface area (Å²) in [6.07, 6.45) is 1.10. The number of carbonyl (C=O) groups is 2. The van der Waals surface area contributed by atoms with Crippen LogP contribution in [-0.4, -0.2) is 24.6 Å². The maximum absolute atomic E-state index is 10.2. The van der Waals surface area contributed by atoms with Crippen LogP contribution in [0.15, 0.2) is 4.99 Å². The molecule has 1 rings (SSSR count). The Labute approximate surface area is 78.4 Å². The van der Waals surface area contributed by atoms with Crippen LogP contribution >= 0.6 is 0 Å². The Morgan fingerprint density at radius 3 is 2.00 bits per heavy atom. The van der Waals surface area contributed by atoms with E-state index >= 15 is 0 Å². The average molecular weight is 184 g/mol. The molecule has 0 aromatic heterocycles. The van der Waals surface area contributed by atoms with Gasteiger partial charge in [-0.05, 0) is 5.41 Å². The smallest absolute Gasteiger partial charge is 0.268 e. The predicted molar refractivity (Wildman–Crippen MR) is 51.6 cm³/mol. The molecule has 0 radical (unpaired) electrons. The molecule has 0 spiro atoms. The summed E-state index contributed by atoms with van der Waals surface area (Å²) < 4.78 is 0. The van der Waals surface area contributed by atoms with Crippen molar-refractivity contribution in [2.24, 2.45) is 10.4 Å². The van der Waals surface area contributed by atoms with Gasteiger partial charge in [-0.1, -0.05) is 27.7 Å². The van der Waals surface area contributed by atoms with Crippen LogP contribution in [0.1, 0.15) is 27.7 Å². The molecule has 4 heteroatoms. The number of nitrogens with one attached hydrogen (secondary N) is 1. The zero-order chi connectivity index (χ0) is 10.5. The number of carbonyl (C=O) groups excluding carboxylic acids is 2. The highest BCUT2D eigenvalue weighted by Crippen LogP contribution is 2.08. The molecule has 1 aliphatic rings. The van der Waals surface area contributed by atoms with Gasteiger partial charge in [0.15, 0.2) is 0 Å². The summed E-state index contributed by atoms with van der Waals surface area (Å²) in [5.74, 6) is -0.765. The van der Waals surface area contributed by atoms with Gasteiger partial charge in [-0.2, -0.15) is 0 Å². The fraction of sp³-hybridized carbons (Fsp3) is 0.667. The summed E-state index contributed by atoms with van der Waals surface area (Å²) in [5.41, 5.74) is 0.500. The third-order valence-electron chi connectivity index (χ3n) is 0.706. The second-order valence-corrected chi connectivity index (χ2v) is 4.38. The van der Waals surface area contributed by atoms with Gasteiger partial charge >= 0.3 is 0 Å². The highest BCUT2D eigenvalue weighted by atomic mass is 16.2. The van der Waals surface area contributed by atoms with Crippen LogP contribution in [-0.2, 0) is 9.59 Å². The van der Waals surface area contributed by atoms with Crippen molar-refractivity contribution in [3.63, 3.8) is 0 Å². The molecule has 1 aliphatic heterocycles. The summed E-state index contributed by atoms with van der Waals surface area (Å²) >= 11 is 0. The molecular formula is C9H16N2O2. The normalized spacial score (nSPS) is 16.0. The van der Waals surface area contributed by atoms with E-state index in [1.807, 2.05) is 0 Å². The van der Waals surface area contributed by atoms with Crippen molar-refractivity contribution in [1.29, 1.82) is 0 Å². The minimum absolute atomic E-state index is 0.0751. The minimum Gasteiger partial charge on any atom is -0.290 e. The molecule has 0 unspecified atom stereocenters. The summed E-state index contributed by atoms with van der Waals surface area (Å²) in [4.78, 5) is 23.9. The number of hydrogen-bond donors (Lipinski definition) is 1. The summed E-state index contributed by atoms with van der Waals surface area (Å²) in [6, 6.07) is 0. The standard InChI is InChI=1S/C5H12.C4H4N2O2/c1-5(2,3)4;7-3-1-5-2-4(8)6-3/h1-4H3;1H,2H2,(H,6,7,8). The van der Waals surface area contributed by atoms with Crippen molar-refractivity contribution in [2.75, 3.05) is 6.54 Å². The van der Waals surface area contributed by atoms with Crippen LogP contribution in [0.3, 0.4) is 0 Å². The van der Waals surface area contributed by atoms with Crippen molar-refractivity contribution in [3.05, 3.63) is 0 Å². The molecule has 0 saturated carbocycles. The number of imide groups is 1. The molecule has 2 amide bonds. The van der Waals surface area contributed by atoms with Crippen LogP contribution in [0.4, 0.5) is 0 Å². The number of rotatable bonds is 0. The molecule has 0 aromatic rings. The van der Waals surface area contributed by atoms with E-state index in [-0.39, 0.29) is 12.5 Å². The van der Waals surface area contributed by atoms with Crippen LogP contribution in [0.25, 0.3) is 0 Å². The van der Waals surface area contributed by atoms with E-state index in [1.54, 1.807) is 0 Å². The first-order valence-corrected chi connectivity index (χ1v) is 4.12. The highest BCUT2D eigenvalue weighted by molar-refractivity contribution is 6.31. The predicted octanol–water partition coefficient (Wildman–Crippen LogP) is 0.766. The lowest BCUT2D eigenvalue weighted by Crippen LogP contribution is -2.36. The van der Waals surface area contributed by atoms with Crippen LogP contribution in [0, 0.1) is 5.41 Å². The van der Waals surface area contributed by atoms with Gasteiger partial charge in [0, 0.05) is 0 Å². The molecule has 0 aliphatic carbocycles. The third kappa shape index (κ3) is 10.8.